The van der Waals surface area contributed by atoms with Crippen LogP contribution in [0.25, 0.3) is 0 Å². The van der Waals surface area contributed by atoms with Crippen LogP contribution >= 0.6 is 11.8 Å². The number of aryl methyl sites for hydroxylation is 1. The van der Waals surface area contributed by atoms with Gasteiger partial charge in [-0.15, -0.1) is 11.8 Å². The largest absolute Gasteiger partial charge is 0.192 e. The quantitative estimate of drug-likeness (QED) is 0.764. The average Bonchev–Trinajstić information content (AvgIpc) is 2.29. The summed E-state index contributed by atoms with van der Waals surface area (Å²) in [5, 5.41) is 9.68. The fraction of sp³-hybridized carbons (Fsp3) is 0.533. The van der Waals surface area contributed by atoms with Gasteiger partial charge in [0.1, 0.15) is 0 Å². The van der Waals surface area contributed by atoms with E-state index in [1.807, 2.05) is 24.8 Å². The fourth-order valence-corrected chi connectivity index (χ4v) is 4.00. The van der Waals surface area contributed by atoms with Crippen molar-refractivity contribution in [3.8, 4) is 6.07 Å². The highest BCUT2D eigenvalue weighted by Gasteiger charge is 2.19. The molecule has 1 aromatic rings. The molecule has 2 unspecified atom stereocenters. The first kappa shape index (κ1) is 12.5. The summed E-state index contributed by atoms with van der Waals surface area (Å²) in [4.78, 5) is 1.32. The highest BCUT2D eigenvalue weighted by atomic mass is 32.2. The molecule has 1 saturated carbocycles. The molecule has 1 aliphatic carbocycles. The lowest BCUT2D eigenvalue weighted by Gasteiger charge is -2.26. The highest BCUT2D eigenvalue weighted by molar-refractivity contribution is 8.00. The second-order valence-electron chi connectivity index (χ2n) is 5.10. The van der Waals surface area contributed by atoms with Gasteiger partial charge in [0.25, 0.3) is 0 Å². The van der Waals surface area contributed by atoms with Crippen molar-refractivity contribution >= 4 is 11.8 Å². The normalized spacial score (nSPS) is 24.3. The minimum atomic E-state index is 0.770. The zero-order valence-electron chi connectivity index (χ0n) is 10.6. The lowest BCUT2D eigenvalue weighted by molar-refractivity contribution is 0.394. The van der Waals surface area contributed by atoms with Crippen LogP contribution in [0.2, 0.25) is 0 Å². The van der Waals surface area contributed by atoms with Gasteiger partial charge in [0.05, 0.1) is 11.6 Å². The highest BCUT2D eigenvalue weighted by Crippen LogP contribution is 2.36. The van der Waals surface area contributed by atoms with Crippen LogP contribution in [-0.4, -0.2) is 5.25 Å². The molecule has 17 heavy (non-hydrogen) atoms. The molecule has 0 aliphatic heterocycles. The van der Waals surface area contributed by atoms with Crippen LogP contribution in [0.1, 0.15) is 43.7 Å². The van der Waals surface area contributed by atoms with Crippen molar-refractivity contribution in [2.75, 3.05) is 0 Å². The Morgan fingerprint density at radius 2 is 2.18 bits per heavy atom. The number of benzene rings is 1. The van der Waals surface area contributed by atoms with Gasteiger partial charge in [0, 0.05) is 10.1 Å². The molecule has 1 aromatic carbocycles. The van der Waals surface area contributed by atoms with Gasteiger partial charge in [-0.05, 0) is 49.4 Å². The third kappa shape index (κ3) is 3.26. The molecule has 0 heterocycles. The molecule has 1 nitrogen and oxygen atoms in total. The first-order chi connectivity index (χ1) is 8.19. The molecular formula is C15H19NS. The second kappa shape index (κ2) is 5.60. The Labute approximate surface area is 108 Å². The van der Waals surface area contributed by atoms with Gasteiger partial charge in [-0.3, -0.25) is 0 Å². The average molecular weight is 245 g/mol. The van der Waals surface area contributed by atoms with Crippen LogP contribution in [0.3, 0.4) is 0 Å². The summed E-state index contributed by atoms with van der Waals surface area (Å²) in [6, 6.07) is 8.42. The third-order valence-electron chi connectivity index (χ3n) is 3.51. The third-order valence-corrected chi connectivity index (χ3v) is 4.80. The molecule has 1 aliphatic rings. The van der Waals surface area contributed by atoms with Crippen molar-refractivity contribution in [3.63, 3.8) is 0 Å². The van der Waals surface area contributed by atoms with Crippen LogP contribution in [0, 0.1) is 24.2 Å². The predicted molar refractivity (Wildman–Crippen MR) is 73.2 cm³/mol. The topological polar surface area (TPSA) is 23.8 Å². The molecule has 90 valence electrons. The summed E-state index contributed by atoms with van der Waals surface area (Å²) in [5.74, 6) is 0.876. The number of thioether (sulfide) groups is 1. The van der Waals surface area contributed by atoms with Crippen LogP contribution in [-0.2, 0) is 0 Å². The van der Waals surface area contributed by atoms with Crippen molar-refractivity contribution in [2.45, 2.75) is 49.7 Å². The van der Waals surface area contributed by atoms with E-state index in [1.54, 1.807) is 0 Å². The van der Waals surface area contributed by atoms with Gasteiger partial charge in [-0.25, -0.2) is 0 Å². The van der Waals surface area contributed by atoms with Crippen LogP contribution in [0.4, 0.5) is 0 Å². The molecule has 0 N–H and O–H groups in total. The van der Waals surface area contributed by atoms with E-state index in [-0.39, 0.29) is 0 Å². The van der Waals surface area contributed by atoms with E-state index in [2.05, 4.69) is 25.1 Å². The maximum Gasteiger partial charge on any atom is 0.0994 e. The molecule has 2 rings (SSSR count). The number of nitrogens with zero attached hydrogens (tertiary/aromatic N) is 1. The van der Waals surface area contributed by atoms with Gasteiger partial charge in [0.15, 0.2) is 0 Å². The standard InChI is InChI=1S/C15H19NS/c1-11-4-3-5-14(8-11)17-15-7-6-13(10-16)12(2)9-15/h6-7,9,11,14H,3-5,8H2,1-2H3. The zero-order valence-corrected chi connectivity index (χ0v) is 11.4. The van der Waals surface area contributed by atoms with E-state index in [4.69, 9.17) is 5.26 Å². The monoisotopic (exact) mass is 245 g/mol. The van der Waals surface area contributed by atoms with Crippen molar-refractivity contribution in [3.05, 3.63) is 29.3 Å². The van der Waals surface area contributed by atoms with E-state index in [1.165, 1.54) is 30.6 Å². The van der Waals surface area contributed by atoms with E-state index >= 15 is 0 Å². The van der Waals surface area contributed by atoms with Gasteiger partial charge >= 0.3 is 0 Å². The van der Waals surface area contributed by atoms with Crippen molar-refractivity contribution in [1.82, 2.24) is 0 Å². The number of hydrogen-bond acceptors (Lipinski definition) is 2. The van der Waals surface area contributed by atoms with E-state index in [9.17, 15) is 0 Å². The molecule has 2 heteroatoms. The molecule has 1 fully saturated rings. The summed E-state index contributed by atoms with van der Waals surface area (Å²) in [7, 11) is 0. The van der Waals surface area contributed by atoms with Crippen LogP contribution in [0.15, 0.2) is 23.1 Å². The van der Waals surface area contributed by atoms with Crippen molar-refractivity contribution < 1.29 is 0 Å². The lowest BCUT2D eigenvalue weighted by atomic mass is 9.91. The summed E-state index contributed by atoms with van der Waals surface area (Å²) in [6.07, 6.45) is 5.44. The molecule has 0 spiro atoms. The van der Waals surface area contributed by atoms with E-state index in [0.29, 0.717) is 0 Å². The Bertz CT molecular complexity index is 433. The molecule has 0 amide bonds. The Balaban J connectivity index is 2.04. The Kier molecular flexibility index (Phi) is 4.12. The van der Waals surface area contributed by atoms with Gasteiger partial charge in [0.2, 0.25) is 0 Å². The SMILES string of the molecule is Cc1cc(SC2CCCC(C)C2)ccc1C#N. The maximum absolute atomic E-state index is 8.91. The maximum atomic E-state index is 8.91. The second-order valence-corrected chi connectivity index (χ2v) is 6.47. The minimum absolute atomic E-state index is 0.770. The smallest absolute Gasteiger partial charge is 0.0994 e. The van der Waals surface area contributed by atoms with Crippen molar-refractivity contribution in [2.24, 2.45) is 5.92 Å². The minimum Gasteiger partial charge on any atom is -0.192 e. The molecular weight excluding hydrogens is 226 g/mol. The number of hydrogen-bond donors (Lipinski definition) is 0. The van der Waals surface area contributed by atoms with Crippen LogP contribution < -0.4 is 0 Å². The first-order valence-corrected chi connectivity index (χ1v) is 7.24. The number of rotatable bonds is 2. The summed E-state index contributed by atoms with van der Waals surface area (Å²) < 4.78 is 0. The number of nitriles is 1. The molecule has 0 bridgehead atoms. The fourth-order valence-electron chi connectivity index (χ4n) is 2.51. The summed E-state index contributed by atoms with van der Waals surface area (Å²) >= 11 is 1.99. The zero-order chi connectivity index (χ0) is 12.3. The van der Waals surface area contributed by atoms with E-state index in [0.717, 1.165) is 22.3 Å². The Morgan fingerprint density at radius 1 is 1.35 bits per heavy atom. The van der Waals surface area contributed by atoms with Crippen molar-refractivity contribution in [1.29, 1.82) is 5.26 Å². The Hall–Kier alpha value is -0.940. The molecule has 2 atom stereocenters. The predicted octanol–water partition coefficient (Wildman–Crippen LogP) is 4.54. The van der Waals surface area contributed by atoms with E-state index < -0.39 is 0 Å². The molecule has 0 saturated heterocycles. The summed E-state index contributed by atoms with van der Waals surface area (Å²) in [6.45, 7) is 4.38. The van der Waals surface area contributed by atoms with Crippen LogP contribution in [0.5, 0.6) is 0 Å². The van der Waals surface area contributed by atoms with Gasteiger partial charge in [-0.1, -0.05) is 19.8 Å². The summed E-state index contributed by atoms with van der Waals surface area (Å²) in [5.41, 5.74) is 1.90. The Morgan fingerprint density at radius 3 is 2.82 bits per heavy atom. The first-order valence-electron chi connectivity index (χ1n) is 6.36. The molecule has 0 radical (unpaired) electrons. The lowest BCUT2D eigenvalue weighted by Crippen LogP contribution is -2.14. The van der Waals surface area contributed by atoms with Gasteiger partial charge < -0.3 is 0 Å². The van der Waals surface area contributed by atoms with Gasteiger partial charge in [-0.2, -0.15) is 5.26 Å². The molecule has 0 aromatic heterocycles.